The maximum atomic E-state index is 11.9. The average Bonchev–Trinajstić information content (AvgIpc) is 2.40. The van der Waals surface area contributed by atoms with E-state index in [-0.39, 0.29) is 16.9 Å². The Balaban J connectivity index is 2.77. The molecule has 0 amide bonds. The van der Waals surface area contributed by atoms with Gasteiger partial charge in [-0.1, -0.05) is 0 Å². The van der Waals surface area contributed by atoms with E-state index in [0.717, 1.165) is 10.6 Å². The summed E-state index contributed by atoms with van der Waals surface area (Å²) in [7, 11) is 2.79. The molecule has 2 aromatic rings. The minimum Gasteiger partial charge on any atom is -0.279 e. The summed E-state index contributed by atoms with van der Waals surface area (Å²) in [6.07, 6.45) is 3.07. The Labute approximate surface area is 105 Å². The second kappa shape index (κ2) is 4.44. The van der Waals surface area contributed by atoms with Gasteiger partial charge in [0.25, 0.3) is 5.56 Å². The first kappa shape index (κ1) is 12.6. The second-order valence-corrected chi connectivity index (χ2v) is 3.77. The lowest BCUT2D eigenvalue weighted by molar-refractivity contribution is -0.401. The Bertz CT molecular complexity index is 817. The number of aryl methyl sites for hydroxylation is 1. The Morgan fingerprint density at radius 3 is 2.63 bits per heavy atom. The van der Waals surface area contributed by atoms with Crippen LogP contribution in [0.25, 0.3) is 17.2 Å². The summed E-state index contributed by atoms with van der Waals surface area (Å²) in [6.45, 7) is 0. The molecule has 0 aromatic carbocycles. The quantitative estimate of drug-likeness (QED) is 0.521. The van der Waals surface area contributed by atoms with E-state index in [1.807, 2.05) is 0 Å². The third-order valence-electron chi connectivity index (χ3n) is 2.54. The van der Waals surface area contributed by atoms with Crippen LogP contribution in [0.15, 0.2) is 22.0 Å². The van der Waals surface area contributed by atoms with Crippen molar-refractivity contribution in [1.29, 1.82) is 0 Å². The zero-order valence-corrected chi connectivity index (χ0v) is 10.1. The van der Waals surface area contributed by atoms with Crippen LogP contribution < -0.4 is 11.2 Å². The fourth-order valence-electron chi connectivity index (χ4n) is 1.56. The predicted molar refractivity (Wildman–Crippen MR) is 66.0 cm³/mol. The number of nitro groups is 1. The number of hydrogen-bond donors (Lipinski definition) is 0. The first-order chi connectivity index (χ1) is 8.91. The molecule has 0 atom stereocenters. The highest BCUT2D eigenvalue weighted by atomic mass is 16.6. The molecule has 2 heterocycles. The largest absolute Gasteiger partial charge is 0.332 e. The fraction of sp³-hybridized carbons (Fsp3) is 0.200. The van der Waals surface area contributed by atoms with Gasteiger partial charge in [-0.3, -0.25) is 24.0 Å². The van der Waals surface area contributed by atoms with Crippen LogP contribution in [0.5, 0.6) is 0 Å². The Morgan fingerprint density at radius 2 is 2.00 bits per heavy atom. The number of rotatable bonds is 2. The molecule has 0 aliphatic carbocycles. The zero-order valence-electron chi connectivity index (χ0n) is 10.1. The number of nitrogens with zero attached hydrogens (tertiary/aromatic N) is 5. The van der Waals surface area contributed by atoms with Gasteiger partial charge >= 0.3 is 5.69 Å². The van der Waals surface area contributed by atoms with Crippen molar-refractivity contribution in [2.24, 2.45) is 14.1 Å². The molecule has 0 unspecified atom stereocenters. The average molecular weight is 263 g/mol. The summed E-state index contributed by atoms with van der Waals surface area (Å²) < 4.78 is 2.09. The van der Waals surface area contributed by atoms with Crippen LogP contribution in [-0.4, -0.2) is 24.0 Å². The van der Waals surface area contributed by atoms with Crippen LogP contribution in [0.1, 0.15) is 5.69 Å². The molecular weight excluding hydrogens is 254 g/mol. The molecule has 19 heavy (non-hydrogen) atoms. The second-order valence-electron chi connectivity index (χ2n) is 3.77. The van der Waals surface area contributed by atoms with Gasteiger partial charge in [0.2, 0.25) is 6.20 Å². The zero-order chi connectivity index (χ0) is 14.2. The van der Waals surface area contributed by atoms with Crippen molar-refractivity contribution >= 4 is 17.2 Å². The van der Waals surface area contributed by atoms with Gasteiger partial charge in [0.1, 0.15) is 0 Å². The molecule has 0 saturated heterocycles. The SMILES string of the molecule is Cn1c(=O)c2nc(/C=C/[N+](=O)[O-])cnc2n(C)c1=O. The maximum Gasteiger partial charge on any atom is 0.332 e. The Kier molecular flexibility index (Phi) is 2.95. The number of hydrogen-bond acceptors (Lipinski definition) is 6. The van der Waals surface area contributed by atoms with Crippen molar-refractivity contribution in [3.05, 3.63) is 49.0 Å². The first-order valence-corrected chi connectivity index (χ1v) is 5.16. The molecule has 0 fully saturated rings. The number of fused-ring (bicyclic) bond motifs is 1. The van der Waals surface area contributed by atoms with Gasteiger partial charge < -0.3 is 0 Å². The van der Waals surface area contributed by atoms with Crippen molar-refractivity contribution in [3.63, 3.8) is 0 Å². The lowest BCUT2D eigenvalue weighted by Gasteiger charge is -2.05. The standard InChI is InChI=1S/C10H9N5O4/c1-13-8-7(9(16)14(2)10(13)17)12-6(5-11-8)3-4-15(18)19/h3-5H,1-2H3/b4-3+. The third-order valence-corrected chi connectivity index (χ3v) is 2.54. The van der Waals surface area contributed by atoms with E-state index in [1.165, 1.54) is 24.9 Å². The van der Waals surface area contributed by atoms with Gasteiger partial charge in [0, 0.05) is 20.2 Å². The topological polar surface area (TPSA) is 113 Å². The summed E-state index contributed by atoms with van der Waals surface area (Å²) in [5, 5.41) is 10.2. The first-order valence-electron chi connectivity index (χ1n) is 5.16. The minimum atomic E-state index is -0.648. The van der Waals surface area contributed by atoms with Crippen molar-refractivity contribution in [3.8, 4) is 0 Å². The van der Waals surface area contributed by atoms with Crippen molar-refractivity contribution in [1.82, 2.24) is 19.1 Å². The van der Waals surface area contributed by atoms with Crippen LogP contribution in [0.4, 0.5) is 0 Å². The van der Waals surface area contributed by atoms with E-state index >= 15 is 0 Å². The molecule has 98 valence electrons. The van der Waals surface area contributed by atoms with Crippen molar-refractivity contribution < 1.29 is 4.92 Å². The molecule has 0 aliphatic rings. The van der Waals surface area contributed by atoms with Gasteiger partial charge in [0.15, 0.2) is 11.2 Å². The summed E-state index contributed by atoms with van der Waals surface area (Å²) in [5.41, 5.74) is -0.830. The Morgan fingerprint density at radius 1 is 1.32 bits per heavy atom. The van der Waals surface area contributed by atoms with Crippen molar-refractivity contribution in [2.75, 3.05) is 0 Å². The molecule has 0 saturated carbocycles. The molecule has 0 radical (unpaired) electrons. The van der Waals surface area contributed by atoms with E-state index in [0.29, 0.717) is 6.20 Å². The molecular formula is C10H9N5O4. The smallest absolute Gasteiger partial charge is 0.279 e. The Hall–Kier alpha value is -2.84. The maximum absolute atomic E-state index is 11.9. The van der Waals surface area contributed by atoms with Gasteiger partial charge in [-0.15, -0.1) is 0 Å². The highest BCUT2D eigenvalue weighted by Gasteiger charge is 2.11. The van der Waals surface area contributed by atoms with Gasteiger partial charge in [-0.05, 0) is 0 Å². The highest BCUT2D eigenvalue weighted by Crippen LogP contribution is 2.03. The van der Waals surface area contributed by atoms with Crippen LogP contribution in [0.3, 0.4) is 0 Å². The van der Waals surface area contributed by atoms with Gasteiger partial charge in [-0.25, -0.2) is 14.8 Å². The number of aromatic nitrogens is 4. The molecule has 0 aliphatic heterocycles. The molecule has 2 rings (SSSR count). The lowest BCUT2D eigenvalue weighted by Crippen LogP contribution is -2.37. The normalized spacial score (nSPS) is 11.3. The molecule has 2 aromatic heterocycles. The summed E-state index contributed by atoms with van der Waals surface area (Å²) in [4.78, 5) is 41.0. The highest BCUT2D eigenvalue weighted by molar-refractivity contribution is 5.69. The van der Waals surface area contributed by atoms with Crippen LogP contribution in [0, 0.1) is 10.1 Å². The van der Waals surface area contributed by atoms with E-state index in [2.05, 4.69) is 9.97 Å². The molecule has 9 nitrogen and oxygen atoms in total. The van der Waals surface area contributed by atoms with Crippen LogP contribution in [-0.2, 0) is 14.1 Å². The van der Waals surface area contributed by atoms with E-state index in [1.54, 1.807) is 0 Å². The minimum absolute atomic E-state index is 0.0184. The molecule has 0 spiro atoms. The lowest BCUT2D eigenvalue weighted by atomic mass is 10.4. The predicted octanol–water partition coefficient (Wildman–Crippen LogP) is -0.725. The van der Waals surface area contributed by atoms with Crippen molar-refractivity contribution in [2.45, 2.75) is 0 Å². The van der Waals surface area contributed by atoms with Crippen LogP contribution in [0.2, 0.25) is 0 Å². The van der Waals surface area contributed by atoms with Gasteiger partial charge in [0.05, 0.1) is 16.8 Å². The fourth-order valence-corrected chi connectivity index (χ4v) is 1.56. The molecule has 0 bridgehead atoms. The summed E-state index contributed by atoms with van der Waals surface area (Å²) in [6, 6.07) is 0. The van der Waals surface area contributed by atoms with E-state index in [4.69, 9.17) is 0 Å². The van der Waals surface area contributed by atoms with Gasteiger partial charge in [-0.2, -0.15) is 0 Å². The molecule has 9 heteroatoms. The third kappa shape index (κ3) is 2.12. The summed E-state index contributed by atoms with van der Waals surface area (Å²) >= 11 is 0. The van der Waals surface area contributed by atoms with Crippen LogP contribution >= 0.6 is 0 Å². The molecule has 0 N–H and O–H groups in total. The van der Waals surface area contributed by atoms with E-state index < -0.39 is 16.2 Å². The monoisotopic (exact) mass is 263 g/mol. The summed E-state index contributed by atoms with van der Waals surface area (Å²) in [5.74, 6) is 0. The van der Waals surface area contributed by atoms with E-state index in [9.17, 15) is 19.7 Å².